The first-order valence-electron chi connectivity index (χ1n) is 7.40. The van der Waals surface area contributed by atoms with Crippen LogP contribution in [0.5, 0.6) is 0 Å². The summed E-state index contributed by atoms with van der Waals surface area (Å²) in [5.74, 6) is -2.52. The first-order chi connectivity index (χ1) is 12.0. The highest BCUT2D eigenvalue weighted by molar-refractivity contribution is 7.15. The molecule has 0 aliphatic heterocycles. The molecule has 0 fully saturated rings. The number of halogens is 3. The number of amides is 1. The Labute approximate surface area is 152 Å². The predicted molar refractivity (Wildman–Crippen MR) is 94.8 cm³/mol. The number of aryl methyl sites for hydroxylation is 1. The van der Waals surface area contributed by atoms with Gasteiger partial charge < -0.3 is 5.32 Å². The highest BCUT2D eigenvalue weighted by Gasteiger charge is 2.14. The van der Waals surface area contributed by atoms with Crippen molar-refractivity contribution in [2.24, 2.45) is 0 Å². The maximum absolute atomic E-state index is 13.2. The summed E-state index contributed by atoms with van der Waals surface area (Å²) in [4.78, 5) is 17.4. The number of nitrogens with zero attached hydrogens (tertiary/aromatic N) is 1. The lowest BCUT2D eigenvalue weighted by molar-refractivity contribution is 0.0950. The zero-order valence-electron chi connectivity index (χ0n) is 13.1. The van der Waals surface area contributed by atoms with Gasteiger partial charge >= 0.3 is 0 Å². The van der Waals surface area contributed by atoms with E-state index in [0.29, 0.717) is 5.02 Å². The van der Waals surface area contributed by atoms with E-state index in [1.807, 2.05) is 25.1 Å². The molecule has 1 N–H and O–H groups in total. The van der Waals surface area contributed by atoms with Gasteiger partial charge in [-0.1, -0.05) is 29.8 Å². The molecule has 0 spiro atoms. The summed E-state index contributed by atoms with van der Waals surface area (Å²) < 4.78 is 26.2. The van der Waals surface area contributed by atoms with Gasteiger partial charge in [0.05, 0.1) is 17.3 Å². The van der Waals surface area contributed by atoms with E-state index in [9.17, 15) is 13.6 Å². The number of carbonyl (C=O) groups is 1. The van der Waals surface area contributed by atoms with Gasteiger partial charge in [0.2, 0.25) is 0 Å². The fraction of sp³-hybridized carbons (Fsp3) is 0.111. The minimum atomic E-state index is -1.05. The van der Waals surface area contributed by atoms with Gasteiger partial charge in [0.15, 0.2) is 11.6 Å². The lowest BCUT2D eigenvalue weighted by Crippen LogP contribution is -2.22. The van der Waals surface area contributed by atoms with Crippen LogP contribution in [0.25, 0.3) is 10.6 Å². The van der Waals surface area contributed by atoms with Crippen molar-refractivity contribution in [1.82, 2.24) is 10.3 Å². The quantitative estimate of drug-likeness (QED) is 0.695. The summed E-state index contributed by atoms with van der Waals surface area (Å²) in [6.07, 6.45) is 0. The van der Waals surface area contributed by atoms with Gasteiger partial charge in [-0.3, -0.25) is 4.79 Å². The van der Waals surface area contributed by atoms with Crippen molar-refractivity contribution in [1.29, 1.82) is 0 Å². The van der Waals surface area contributed by atoms with E-state index in [2.05, 4.69) is 10.3 Å². The maximum atomic E-state index is 13.2. The van der Waals surface area contributed by atoms with Crippen molar-refractivity contribution in [2.75, 3.05) is 0 Å². The van der Waals surface area contributed by atoms with Crippen molar-refractivity contribution in [3.05, 3.63) is 75.3 Å². The third-order valence-electron chi connectivity index (χ3n) is 3.59. The predicted octanol–water partition coefficient (Wildman–Crippen LogP) is 4.98. The number of aromatic nitrogens is 1. The summed E-state index contributed by atoms with van der Waals surface area (Å²) in [7, 11) is 0. The van der Waals surface area contributed by atoms with Crippen molar-refractivity contribution in [2.45, 2.75) is 13.5 Å². The molecule has 3 aromatic rings. The molecule has 0 atom stereocenters. The topological polar surface area (TPSA) is 42.0 Å². The number of hydrogen-bond acceptors (Lipinski definition) is 3. The Bertz CT molecular complexity index is 943. The third kappa shape index (κ3) is 3.86. The lowest BCUT2D eigenvalue weighted by atomic mass is 10.2. The van der Waals surface area contributed by atoms with Gasteiger partial charge in [-0.2, -0.15) is 0 Å². The Balaban J connectivity index is 1.74. The second-order valence-corrected chi connectivity index (χ2v) is 6.81. The van der Waals surface area contributed by atoms with E-state index in [1.54, 1.807) is 6.07 Å². The van der Waals surface area contributed by atoms with Crippen LogP contribution in [0.15, 0.2) is 42.5 Å². The number of benzene rings is 2. The summed E-state index contributed by atoms with van der Waals surface area (Å²) in [6, 6.07) is 10.4. The minimum Gasteiger partial charge on any atom is -0.347 e. The molecule has 0 unspecified atom stereocenters. The van der Waals surface area contributed by atoms with Crippen molar-refractivity contribution < 1.29 is 13.6 Å². The minimum absolute atomic E-state index is 0.0624. The Morgan fingerprint density at radius 1 is 1.20 bits per heavy atom. The van der Waals surface area contributed by atoms with E-state index in [4.69, 9.17) is 11.6 Å². The highest BCUT2D eigenvalue weighted by Crippen LogP contribution is 2.32. The molecule has 0 bridgehead atoms. The molecule has 3 rings (SSSR count). The largest absolute Gasteiger partial charge is 0.347 e. The van der Waals surface area contributed by atoms with Crippen LogP contribution >= 0.6 is 22.9 Å². The van der Waals surface area contributed by atoms with Crippen LogP contribution in [0.2, 0.25) is 5.02 Å². The van der Waals surface area contributed by atoms with Crippen molar-refractivity contribution in [3.63, 3.8) is 0 Å². The molecular formula is C18H13ClF2N2OS. The smallest absolute Gasteiger partial charge is 0.251 e. The zero-order chi connectivity index (χ0) is 18.0. The monoisotopic (exact) mass is 378 g/mol. The average molecular weight is 379 g/mol. The molecule has 7 heteroatoms. The second-order valence-electron chi connectivity index (χ2n) is 5.32. The molecule has 0 radical (unpaired) electrons. The summed E-state index contributed by atoms with van der Waals surface area (Å²) >= 11 is 7.61. The fourth-order valence-corrected chi connectivity index (χ4v) is 3.56. The molecule has 0 aliphatic carbocycles. The summed E-state index contributed by atoms with van der Waals surface area (Å²) in [5, 5.41) is 4.06. The molecule has 1 aromatic heterocycles. The van der Waals surface area contributed by atoms with Crippen LogP contribution in [0.3, 0.4) is 0 Å². The molecule has 0 saturated carbocycles. The van der Waals surface area contributed by atoms with E-state index in [1.165, 1.54) is 17.4 Å². The molecule has 0 aliphatic rings. The van der Waals surface area contributed by atoms with Gasteiger partial charge in [0, 0.05) is 16.0 Å². The van der Waals surface area contributed by atoms with Gasteiger partial charge in [-0.15, -0.1) is 11.3 Å². The standard InChI is InChI=1S/C18H13ClF2N2OS/c1-10-16(25-18(23-10)12-4-2-3-5-13(12)19)9-22-17(24)11-6-7-14(20)15(21)8-11/h2-8H,9H2,1H3,(H,22,24). The van der Waals surface area contributed by atoms with Crippen LogP contribution in [0, 0.1) is 18.6 Å². The molecule has 3 nitrogen and oxygen atoms in total. The van der Waals surface area contributed by atoms with Crippen LogP contribution in [-0.4, -0.2) is 10.9 Å². The number of rotatable bonds is 4. The van der Waals surface area contributed by atoms with Crippen molar-refractivity contribution in [3.8, 4) is 10.6 Å². The molecule has 1 amide bonds. The van der Waals surface area contributed by atoms with Crippen LogP contribution in [0.1, 0.15) is 20.9 Å². The Morgan fingerprint density at radius 2 is 1.96 bits per heavy atom. The fourth-order valence-electron chi connectivity index (χ4n) is 2.24. The molecule has 2 aromatic carbocycles. The second kappa shape index (κ2) is 7.29. The molecule has 128 valence electrons. The Hall–Kier alpha value is -2.31. The first-order valence-corrected chi connectivity index (χ1v) is 8.59. The number of nitrogens with one attached hydrogen (secondary N) is 1. The van der Waals surface area contributed by atoms with E-state index in [0.717, 1.165) is 33.3 Å². The average Bonchev–Trinajstić information content (AvgIpc) is 2.96. The lowest BCUT2D eigenvalue weighted by Gasteiger charge is -2.04. The van der Waals surface area contributed by atoms with Gasteiger partial charge in [-0.05, 0) is 31.2 Å². The van der Waals surface area contributed by atoms with Crippen molar-refractivity contribution >= 4 is 28.8 Å². The van der Waals surface area contributed by atoms with E-state index < -0.39 is 17.5 Å². The molecular weight excluding hydrogens is 366 g/mol. The third-order valence-corrected chi connectivity index (χ3v) is 5.11. The van der Waals surface area contributed by atoms with Crippen LogP contribution < -0.4 is 5.32 Å². The Morgan fingerprint density at radius 3 is 2.68 bits per heavy atom. The Kier molecular flexibility index (Phi) is 5.11. The highest BCUT2D eigenvalue weighted by atomic mass is 35.5. The normalized spacial score (nSPS) is 10.7. The van der Waals surface area contributed by atoms with Crippen LogP contribution in [-0.2, 0) is 6.54 Å². The molecule has 1 heterocycles. The van der Waals surface area contributed by atoms with Gasteiger partial charge in [0.25, 0.3) is 5.91 Å². The summed E-state index contributed by atoms with van der Waals surface area (Å²) in [6.45, 7) is 2.08. The molecule has 25 heavy (non-hydrogen) atoms. The SMILES string of the molecule is Cc1nc(-c2ccccc2Cl)sc1CNC(=O)c1ccc(F)c(F)c1. The molecule has 0 saturated heterocycles. The van der Waals surface area contributed by atoms with E-state index >= 15 is 0 Å². The van der Waals surface area contributed by atoms with Crippen LogP contribution in [0.4, 0.5) is 8.78 Å². The zero-order valence-corrected chi connectivity index (χ0v) is 14.7. The summed E-state index contributed by atoms with van der Waals surface area (Å²) in [5.41, 5.74) is 1.67. The number of thiazole rings is 1. The number of hydrogen-bond donors (Lipinski definition) is 1. The maximum Gasteiger partial charge on any atom is 0.251 e. The number of carbonyl (C=O) groups excluding carboxylic acids is 1. The van der Waals surface area contributed by atoms with Gasteiger partial charge in [0.1, 0.15) is 5.01 Å². The van der Waals surface area contributed by atoms with E-state index in [-0.39, 0.29) is 12.1 Å². The first kappa shape index (κ1) is 17.5. The van der Waals surface area contributed by atoms with Gasteiger partial charge in [-0.25, -0.2) is 13.8 Å².